The molecule has 0 atom stereocenters. The zero-order valence-electron chi connectivity index (χ0n) is 12.3. The van der Waals surface area contributed by atoms with Crippen molar-refractivity contribution in [3.8, 4) is 5.75 Å². The average Bonchev–Trinajstić information content (AvgIpc) is 2.53. The molecule has 3 nitrogen and oxygen atoms in total. The molecule has 0 aromatic heterocycles. The summed E-state index contributed by atoms with van der Waals surface area (Å²) < 4.78 is 18.6. The van der Waals surface area contributed by atoms with E-state index < -0.39 is 0 Å². The number of anilines is 1. The van der Waals surface area contributed by atoms with Gasteiger partial charge in [0.2, 0.25) is 0 Å². The van der Waals surface area contributed by atoms with Gasteiger partial charge in [-0.25, -0.2) is 4.39 Å². The molecule has 22 heavy (non-hydrogen) atoms. The molecule has 1 aliphatic rings. The first kappa shape index (κ1) is 14.6. The van der Waals surface area contributed by atoms with Crippen molar-refractivity contribution in [2.45, 2.75) is 25.7 Å². The summed E-state index contributed by atoms with van der Waals surface area (Å²) >= 11 is 0. The van der Waals surface area contributed by atoms with Crippen LogP contribution in [0.3, 0.4) is 0 Å². The molecule has 1 aliphatic carbocycles. The highest BCUT2D eigenvalue weighted by molar-refractivity contribution is 5.91. The summed E-state index contributed by atoms with van der Waals surface area (Å²) in [5.41, 5.74) is 3.12. The number of hydrogen-bond acceptors (Lipinski definition) is 2. The maximum Gasteiger partial charge on any atom is 0.262 e. The van der Waals surface area contributed by atoms with E-state index in [1.165, 1.54) is 36.1 Å². The SMILES string of the molecule is O=C(COc1ccc2c(c1)CCCC2)Nc1cccc(F)c1. The number of benzene rings is 2. The highest BCUT2D eigenvalue weighted by Gasteiger charge is 2.11. The third kappa shape index (κ3) is 3.64. The molecule has 1 N–H and O–H groups in total. The summed E-state index contributed by atoms with van der Waals surface area (Å²) in [7, 11) is 0. The number of amides is 1. The molecule has 0 radical (unpaired) electrons. The minimum absolute atomic E-state index is 0.0880. The molecule has 0 saturated heterocycles. The van der Waals surface area contributed by atoms with Gasteiger partial charge in [0, 0.05) is 5.69 Å². The number of rotatable bonds is 4. The Kier molecular flexibility index (Phi) is 4.37. The van der Waals surface area contributed by atoms with Crippen LogP contribution in [0.2, 0.25) is 0 Å². The van der Waals surface area contributed by atoms with E-state index in [0.29, 0.717) is 11.4 Å². The number of carbonyl (C=O) groups is 1. The quantitative estimate of drug-likeness (QED) is 0.934. The Bertz CT molecular complexity index is 685. The summed E-state index contributed by atoms with van der Waals surface area (Å²) in [6, 6.07) is 11.8. The number of carbonyl (C=O) groups excluding carboxylic acids is 1. The minimum Gasteiger partial charge on any atom is -0.484 e. The molecule has 0 saturated carbocycles. The normalized spacial score (nSPS) is 13.3. The second-order valence-electron chi connectivity index (χ2n) is 5.48. The molecule has 4 heteroatoms. The van der Waals surface area contributed by atoms with E-state index in [0.717, 1.165) is 12.8 Å². The summed E-state index contributed by atoms with van der Waals surface area (Å²) in [6.45, 7) is -0.0880. The standard InChI is InChI=1S/C18H18FNO2/c19-15-6-3-7-16(11-15)20-18(21)12-22-17-9-8-13-4-1-2-5-14(13)10-17/h3,6-11H,1-2,4-5,12H2,(H,20,21). The zero-order chi connectivity index (χ0) is 15.4. The van der Waals surface area contributed by atoms with Crippen molar-refractivity contribution < 1.29 is 13.9 Å². The third-order valence-corrected chi connectivity index (χ3v) is 3.80. The van der Waals surface area contributed by atoms with Gasteiger partial charge in [-0.05, 0) is 67.1 Å². The zero-order valence-corrected chi connectivity index (χ0v) is 12.3. The van der Waals surface area contributed by atoms with Crippen molar-refractivity contribution in [1.82, 2.24) is 0 Å². The largest absolute Gasteiger partial charge is 0.484 e. The van der Waals surface area contributed by atoms with Crippen molar-refractivity contribution >= 4 is 11.6 Å². The fourth-order valence-electron chi connectivity index (χ4n) is 2.71. The molecule has 0 spiro atoms. The molecular formula is C18H18FNO2. The van der Waals surface area contributed by atoms with Gasteiger partial charge in [0.1, 0.15) is 11.6 Å². The van der Waals surface area contributed by atoms with E-state index in [4.69, 9.17) is 4.74 Å². The maximum absolute atomic E-state index is 13.0. The summed E-state index contributed by atoms with van der Waals surface area (Å²) in [6.07, 6.45) is 4.64. The van der Waals surface area contributed by atoms with Gasteiger partial charge in [0.05, 0.1) is 0 Å². The van der Waals surface area contributed by atoms with E-state index in [-0.39, 0.29) is 18.3 Å². The van der Waals surface area contributed by atoms with Crippen LogP contribution in [0.5, 0.6) is 5.75 Å². The lowest BCUT2D eigenvalue weighted by Gasteiger charge is -2.16. The number of hydrogen-bond donors (Lipinski definition) is 1. The van der Waals surface area contributed by atoms with Crippen LogP contribution in [0.1, 0.15) is 24.0 Å². The summed E-state index contributed by atoms with van der Waals surface area (Å²) in [4.78, 5) is 11.8. The van der Waals surface area contributed by atoms with Crippen LogP contribution in [-0.4, -0.2) is 12.5 Å². The first-order valence-electron chi connectivity index (χ1n) is 7.51. The van der Waals surface area contributed by atoms with Crippen molar-refractivity contribution in [3.63, 3.8) is 0 Å². The molecule has 3 rings (SSSR count). The highest BCUT2D eigenvalue weighted by atomic mass is 19.1. The van der Waals surface area contributed by atoms with E-state index in [1.54, 1.807) is 12.1 Å². The second kappa shape index (κ2) is 6.60. The molecule has 0 aliphatic heterocycles. The Morgan fingerprint density at radius 3 is 2.73 bits per heavy atom. The van der Waals surface area contributed by atoms with E-state index in [2.05, 4.69) is 11.4 Å². The lowest BCUT2D eigenvalue weighted by Crippen LogP contribution is -2.20. The van der Waals surface area contributed by atoms with Crippen LogP contribution in [-0.2, 0) is 17.6 Å². The van der Waals surface area contributed by atoms with E-state index >= 15 is 0 Å². The van der Waals surface area contributed by atoms with Gasteiger partial charge in [0.15, 0.2) is 6.61 Å². The van der Waals surface area contributed by atoms with E-state index in [9.17, 15) is 9.18 Å². The molecule has 2 aromatic rings. The third-order valence-electron chi connectivity index (χ3n) is 3.80. The van der Waals surface area contributed by atoms with Crippen molar-refractivity contribution in [2.24, 2.45) is 0 Å². The van der Waals surface area contributed by atoms with Crippen LogP contribution in [0.25, 0.3) is 0 Å². The van der Waals surface area contributed by atoms with Crippen LogP contribution in [0.4, 0.5) is 10.1 Å². The van der Waals surface area contributed by atoms with Gasteiger partial charge in [0.25, 0.3) is 5.91 Å². The molecule has 2 aromatic carbocycles. The second-order valence-corrected chi connectivity index (χ2v) is 5.48. The Hall–Kier alpha value is -2.36. The van der Waals surface area contributed by atoms with Crippen molar-refractivity contribution in [3.05, 3.63) is 59.4 Å². The summed E-state index contributed by atoms with van der Waals surface area (Å²) in [5, 5.41) is 2.61. The monoisotopic (exact) mass is 299 g/mol. The number of halogens is 1. The van der Waals surface area contributed by atoms with Crippen LogP contribution < -0.4 is 10.1 Å². The molecule has 114 valence electrons. The highest BCUT2D eigenvalue weighted by Crippen LogP contribution is 2.25. The number of fused-ring (bicyclic) bond motifs is 1. The number of ether oxygens (including phenoxy) is 1. The molecule has 0 heterocycles. The van der Waals surface area contributed by atoms with Gasteiger partial charge in [-0.2, -0.15) is 0 Å². The predicted octanol–water partition coefficient (Wildman–Crippen LogP) is 3.72. The van der Waals surface area contributed by atoms with Crippen molar-refractivity contribution in [1.29, 1.82) is 0 Å². The van der Waals surface area contributed by atoms with Gasteiger partial charge >= 0.3 is 0 Å². The first-order valence-corrected chi connectivity index (χ1v) is 7.51. The smallest absolute Gasteiger partial charge is 0.262 e. The van der Waals surface area contributed by atoms with Gasteiger partial charge in [-0.1, -0.05) is 12.1 Å². The van der Waals surface area contributed by atoms with E-state index in [1.807, 2.05) is 12.1 Å². The van der Waals surface area contributed by atoms with Crippen molar-refractivity contribution in [2.75, 3.05) is 11.9 Å². The Labute approximate surface area is 129 Å². The Morgan fingerprint density at radius 1 is 1.09 bits per heavy atom. The molecule has 0 fully saturated rings. The molecule has 0 bridgehead atoms. The van der Waals surface area contributed by atoms with Gasteiger partial charge in [-0.15, -0.1) is 0 Å². The fourth-order valence-corrected chi connectivity index (χ4v) is 2.71. The Morgan fingerprint density at radius 2 is 1.91 bits per heavy atom. The van der Waals surface area contributed by atoms with Gasteiger partial charge < -0.3 is 10.1 Å². The maximum atomic E-state index is 13.0. The lowest BCUT2D eigenvalue weighted by molar-refractivity contribution is -0.118. The predicted molar refractivity (Wildman–Crippen MR) is 83.6 cm³/mol. The molecular weight excluding hydrogens is 281 g/mol. The first-order chi connectivity index (χ1) is 10.7. The van der Waals surface area contributed by atoms with Crippen LogP contribution in [0.15, 0.2) is 42.5 Å². The van der Waals surface area contributed by atoms with Crippen LogP contribution >= 0.6 is 0 Å². The minimum atomic E-state index is -0.381. The Balaban J connectivity index is 1.57. The average molecular weight is 299 g/mol. The fraction of sp³-hybridized carbons (Fsp3) is 0.278. The number of aryl methyl sites for hydroxylation is 2. The van der Waals surface area contributed by atoms with Gasteiger partial charge in [-0.3, -0.25) is 4.79 Å². The number of nitrogens with one attached hydrogen (secondary N) is 1. The molecule has 0 unspecified atom stereocenters. The topological polar surface area (TPSA) is 38.3 Å². The molecule has 1 amide bonds. The summed E-state index contributed by atoms with van der Waals surface area (Å²) in [5.74, 6) is 0.0202. The van der Waals surface area contributed by atoms with Crippen LogP contribution in [0, 0.1) is 5.82 Å². The lowest BCUT2D eigenvalue weighted by atomic mass is 9.92.